The molecule has 0 radical (unpaired) electrons. The predicted molar refractivity (Wildman–Crippen MR) is 71.7 cm³/mol. The molecule has 0 spiro atoms. The van der Waals surface area contributed by atoms with Crippen LogP contribution in [-0.4, -0.2) is 13.1 Å². The SMILES string of the molecule is CC(C)C(C)N(C)c1c(F)cc(CBr)cc1F. The molecule has 0 fully saturated rings. The molecule has 1 atom stereocenters. The van der Waals surface area contributed by atoms with Crippen LogP contribution in [0.15, 0.2) is 12.1 Å². The minimum Gasteiger partial charge on any atom is -0.367 e. The average Bonchev–Trinajstić information content (AvgIpc) is 2.26. The van der Waals surface area contributed by atoms with Gasteiger partial charge in [-0.2, -0.15) is 0 Å². The van der Waals surface area contributed by atoms with Crippen LogP contribution in [0.5, 0.6) is 0 Å². The van der Waals surface area contributed by atoms with Crippen LogP contribution in [0, 0.1) is 17.6 Å². The molecule has 0 saturated heterocycles. The summed E-state index contributed by atoms with van der Waals surface area (Å²) in [5.74, 6) is -0.682. The van der Waals surface area contributed by atoms with E-state index in [2.05, 4.69) is 15.9 Å². The fraction of sp³-hybridized carbons (Fsp3) is 0.538. The largest absolute Gasteiger partial charge is 0.367 e. The second kappa shape index (κ2) is 5.80. The van der Waals surface area contributed by atoms with Crippen molar-refractivity contribution in [1.29, 1.82) is 0 Å². The Hall–Kier alpha value is -0.640. The lowest BCUT2D eigenvalue weighted by atomic mass is 10.0. The maximum absolute atomic E-state index is 13.9. The molecule has 0 aromatic heterocycles. The van der Waals surface area contributed by atoms with Crippen LogP contribution in [-0.2, 0) is 5.33 Å². The van der Waals surface area contributed by atoms with Gasteiger partial charge in [-0.25, -0.2) is 8.78 Å². The van der Waals surface area contributed by atoms with Gasteiger partial charge in [0.15, 0.2) is 0 Å². The summed E-state index contributed by atoms with van der Waals surface area (Å²) in [7, 11) is 1.72. The highest BCUT2D eigenvalue weighted by Gasteiger charge is 2.20. The molecule has 1 aromatic carbocycles. The number of anilines is 1. The van der Waals surface area contributed by atoms with Crippen molar-refractivity contribution in [2.24, 2.45) is 5.92 Å². The van der Waals surface area contributed by atoms with Gasteiger partial charge in [-0.05, 0) is 30.5 Å². The molecule has 0 aliphatic rings. The van der Waals surface area contributed by atoms with E-state index in [0.717, 1.165) is 0 Å². The Labute approximate surface area is 110 Å². The van der Waals surface area contributed by atoms with Gasteiger partial charge >= 0.3 is 0 Å². The molecule has 0 aliphatic heterocycles. The van der Waals surface area contributed by atoms with E-state index in [4.69, 9.17) is 0 Å². The van der Waals surface area contributed by atoms with Gasteiger partial charge in [-0.1, -0.05) is 29.8 Å². The van der Waals surface area contributed by atoms with Crippen LogP contribution in [0.3, 0.4) is 0 Å². The molecule has 17 heavy (non-hydrogen) atoms. The molecule has 0 N–H and O–H groups in total. The number of hydrogen-bond acceptors (Lipinski definition) is 1. The van der Waals surface area contributed by atoms with Crippen LogP contribution in [0.1, 0.15) is 26.3 Å². The Kier molecular flexibility index (Phi) is 4.92. The van der Waals surface area contributed by atoms with Crippen molar-refractivity contribution in [1.82, 2.24) is 0 Å². The van der Waals surface area contributed by atoms with Crippen LogP contribution in [0.4, 0.5) is 14.5 Å². The number of rotatable bonds is 4. The zero-order valence-electron chi connectivity index (χ0n) is 10.6. The smallest absolute Gasteiger partial charge is 0.149 e. The van der Waals surface area contributed by atoms with E-state index in [1.807, 2.05) is 20.8 Å². The number of hydrogen-bond donors (Lipinski definition) is 0. The van der Waals surface area contributed by atoms with Gasteiger partial charge in [0, 0.05) is 18.4 Å². The van der Waals surface area contributed by atoms with E-state index in [0.29, 0.717) is 16.8 Å². The third kappa shape index (κ3) is 3.18. The van der Waals surface area contributed by atoms with Crippen molar-refractivity contribution < 1.29 is 8.78 Å². The van der Waals surface area contributed by atoms with Gasteiger partial charge in [0.25, 0.3) is 0 Å². The maximum atomic E-state index is 13.9. The summed E-state index contributed by atoms with van der Waals surface area (Å²) >= 11 is 3.19. The first kappa shape index (κ1) is 14.4. The molecule has 0 aliphatic carbocycles. The summed E-state index contributed by atoms with van der Waals surface area (Å²) in [6.07, 6.45) is 0. The highest BCUT2D eigenvalue weighted by atomic mass is 79.9. The Morgan fingerprint density at radius 3 is 2.00 bits per heavy atom. The summed E-state index contributed by atoms with van der Waals surface area (Å²) in [6.45, 7) is 6.02. The number of alkyl halides is 1. The van der Waals surface area contributed by atoms with E-state index in [-0.39, 0.29) is 11.7 Å². The minimum atomic E-state index is -0.505. The van der Waals surface area contributed by atoms with Gasteiger partial charge in [-0.15, -0.1) is 0 Å². The fourth-order valence-electron chi connectivity index (χ4n) is 1.68. The minimum absolute atomic E-state index is 0.0518. The van der Waals surface area contributed by atoms with Crippen molar-refractivity contribution in [3.63, 3.8) is 0 Å². The molecule has 0 saturated carbocycles. The Morgan fingerprint density at radius 1 is 1.18 bits per heavy atom. The molecule has 0 heterocycles. The van der Waals surface area contributed by atoms with Crippen LogP contribution >= 0.6 is 15.9 Å². The third-order valence-electron chi connectivity index (χ3n) is 3.16. The monoisotopic (exact) mass is 305 g/mol. The molecular weight excluding hydrogens is 288 g/mol. The first-order chi connectivity index (χ1) is 7.88. The van der Waals surface area contributed by atoms with Gasteiger partial charge in [-0.3, -0.25) is 0 Å². The first-order valence-electron chi connectivity index (χ1n) is 5.65. The lowest BCUT2D eigenvalue weighted by Gasteiger charge is -2.30. The van der Waals surface area contributed by atoms with Crippen LogP contribution in [0.2, 0.25) is 0 Å². The standard InChI is InChI=1S/C13H18BrF2N/c1-8(2)9(3)17(4)13-11(15)5-10(7-14)6-12(13)16/h5-6,8-9H,7H2,1-4H3. The lowest BCUT2D eigenvalue weighted by Crippen LogP contribution is -2.34. The van der Waals surface area contributed by atoms with Crippen molar-refractivity contribution in [3.8, 4) is 0 Å². The molecule has 0 bridgehead atoms. The Bertz CT molecular complexity index is 370. The average molecular weight is 306 g/mol. The van der Waals surface area contributed by atoms with E-state index < -0.39 is 11.6 Å². The van der Waals surface area contributed by atoms with Crippen molar-refractivity contribution in [2.75, 3.05) is 11.9 Å². The van der Waals surface area contributed by atoms with Gasteiger partial charge in [0.2, 0.25) is 0 Å². The Morgan fingerprint density at radius 2 is 1.65 bits per heavy atom. The molecular formula is C13H18BrF2N. The van der Waals surface area contributed by atoms with E-state index in [9.17, 15) is 8.78 Å². The quantitative estimate of drug-likeness (QED) is 0.748. The second-order valence-electron chi connectivity index (χ2n) is 4.64. The molecule has 4 heteroatoms. The van der Waals surface area contributed by atoms with Gasteiger partial charge in [0.1, 0.15) is 17.3 Å². The second-order valence-corrected chi connectivity index (χ2v) is 5.20. The highest BCUT2D eigenvalue weighted by Crippen LogP contribution is 2.27. The normalized spacial score (nSPS) is 12.9. The molecule has 1 rings (SSSR count). The number of nitrogens with zero attached hydrogens (tertiary/aromatic N) is 1. The van der Waals surface area contributed by atoms with E-state index >= 15 is 0 Å². The molecule has 1 unspecified atom stereocenters. The van der Waals surface area contributed by atoms with Crippen molar-refractivity contribution in [2.45, 2.75) is 32.1 Å². The zero-order valence-corrected chi connectivity index (χ0v) is 12.2. The summed E-state index contributed by atoms with van der Waals surface area (Å²) in [5.41, 5.74) is 0.658. The van der Waals surface area contributed by atoms with Gasteiger partial charge < -0.3 is 4.90 Å². The highest BCUT2D eigenvalue weighted by molar-refractivity contribution is 9.08. The summed E-state index contributed by atoms with van der Waals surface area (Å²) in [4.78, 5) is 1.66. The van der Waals surface area contributed by atoms with E-state index in [1.54, 1.807) is 11.9 Å². The van der Waals surface area contributed by atoms with Crippen molar-refractivity contribution >= 4 is 21.6 Å². The van der Waals surface area contributed by atoms with Crippen LogP contribution in [0.25, 0.3) is 0 Å². The summed E-state index contributed by atoms with van der Waals surface area (Å²) in [5, 5.41) is 0.449. The van der Waals surface area contributed by atoms with Crippen LogP contribution < -0.4 is 4.90 Å². The molecule has 0 amide bonds. The predicted octanol–water partition coefficient (Wildman–Crippen LogP) is 4.34. The van der Waals surface area contributed by atoms with Gasteiger partial charge in [0.05, 0.1) is 0 Å². The topological polar surface area (TPSA) is 3.24 Å². The van der Waals surface area contributed by atoms with Crippen molar-refractivity contribution in [3.05, 3.63) is 29.3 Å². The number of benzene rings is 1. The summed E-state index contributed by atoms with van der Waals surface area (Å²) in [6, 6.07) is 2.82. The maximum Gasteiger partial charge on any atom is 0.149 e. The zero-order chi connectivity index (χ0) is 13.2. The molecule has 1 aromatic rings. The lowest BCUT2D eigenvalue weighted by molar-refractivity contribution is 0.485. The molecule has 96 valence electrons. The summed E-state index contributed by atoms with van der Waals surface area (Å²) < 4.78 is 27.7. The first-order valence-corrected chi connectivity index (χ1v) is 6.77. The Balaban J connectivity index is 3.14. The fourth-order valence-corrected chi connectivity index (χ4v) is 2.01. The van der Waals surface area contributed by atoms with E-state index in [1.165, 1.54) is 12.1 Å². The molecule has 1 nitrogen and oxygen atoms in total. The third-order valence-corrected chi connectivity index (χ3v) is 3.81. The number of halogens is 3.